The van der Waals surface area contributed by atoms with Crippen LogP contribution in [0.15, 0.2) is 51.8 Å². The first-order valence-electron chi connectivity index (χ1n) is 9.04. The quantitative estimate of drug-likeness (QED) is 0.716. The van der Waals surface area contributed by atoms with Crippen molar-refractivity contribution < 1.29 is 22.7 Å². The number of carbonyl (C=O) groups excluding carboxylic acids is 1. The van der Waals surface area contributed by atoms with Gasteiger partial charge in [-0.1, -0.05) is 19.1 Å². The van der Waals surface area contributed by atoms with Crippen LogP contribution in [-0.4, -0.2) is 34.4 Å². The van der Waals surface area contributed by atoms with Crippen molar-refractivity contribution in [1.29, 1.82) is 0 Å². The van der Waals surface area contributed by atoms with Crippen LogP contribution in [0.4, 0.5) is 11.4 Å². The Balaban J connectivity index is 1.62. The highest BCUT2D eigenvalue weighted by atomic mass is 32.2. The Morgan fingerprint density at radius 2 is 1.86 bits per heavy atom. The first-order valence-corrected chi connectivity index (χ1v) is 10.5. The molecule has 1 heterocycles. The van der Waals surface area contributed by atoms with Crippen molar-refractivity contribution in [3.05, 3.63) is 42.5 Å². The number of nitrogens with zero attached hydrogens (tertiary/aromatic N) is 1. The van der Waals surface area contributed by atoms with Crippen LogP contribution in [0, 0.1) is 5.92 Å². The number of sulfonamides is 1. The summed E-state index contributed by atoms with van der Waals surface area (Å²) in [6.45, 7) is 1.87. The van der Waals surface area contributed by atoms with E-state index in [2.05, 4.69) is 15.0 Å². The number of methoxy groups -OCH3 is 2. The summed E-state index contributed by atoms with van der Waals surface area (Å²) in [5, 5.41) is 5.86. The summed E-state index contributed by atoms with van der Waals surface area (Å²) in [6, 6.07) is 11.7. The summed E-state index contributed by atoms with van der Waals surface area (Å²) < 4.78 is 38.9. The van der Waals surface area contributed by atoms with Crippen molar-refractivity contribution in [2.24, 2.45) is 10.3 Å². The van der Waals surface area contributed by atoms with E-state index in [0.29, 0.717) is 35.1 Å². The van der Waals surface area contributed by atoms with Gasteiger partial charge in [0.05, 0.1) is 19.9 Å². The van der Waals surface area contributed by atoms with Crippen LogP contribution in [0.25, 0.3) is 0 Å². The molecule has 2 N–H and O–H groups in total. The maximum absolute atomic E-state index is 12.4. The molecule has 0 fully saturated rings. The molecule has 1 aliphatic heterocycles. The third-order valence-electron chi connectivity index (χ3n) is 4.42. The smallest absolute Gasteiger partial charge is 0.286 e. The van der Waals surface area contributed by atoms with Crippen molar-refractivity contribution in [2.45, 2.75) is 24.7 Å². The first-order chi connectivity index (χ1) is 13.8. The maximum atomic E-state index is 12.4. The van der Waals surface area contributed by atoms with Crippen LogP contribution in [0.3, 0.4) is 0 Å². The predicted molar refractivity (Wildman–Crippen MR) is 111 cm³/mol. The number of para-hydroxylation sites is 1. The van der Waals surface area contributed by atoms with Crippen LogP contribution in [0.1, 0.15) is 19.8 Å². The van der Waals surface area contributed by atoms with Gasteiger partial charge < -0.3 is 20.1 Å². The zero-order valence-electron chi connectivity index (χ0n) is 16.4. The van der Waals surface area contributed by atoms with E-state index in [9.17, 15) is 13.2 Å². The molecule has 8 nitrogen and oxygen atoms in total. The van der Waals surface area contributed by atoms with Crippen LogP contribution in [-0.2, 0) is 14.8 Å². The third kappa shape index (κ3) is 4.86. The van der Waals surface area contributed by atoms with Gasteiger partial charge in [0.25, 0.3) is 10.0 Å². The van der Waals surface area contributed by atoms with Gasteiger partial charge in [0, 0.05) is 24.6 Å². The van der Waals surface area contributed by atoms with Crippen LogP contribution >= 0.6 is 0 Å². The Kier molecular flexibility index (Phi) is 6.07. The average molecular weight is 417 g/mol. The Bertz CT molecular complexity index is 1050. The molecule has 0 radical (unpaired) electrons. The third-order valence-corrected chi connectivity index (χ3v) is 5.79. The molecule has 0 spiro atoms. The van der Waals surface area contributed by atoms with Gasteiger partial charge in [0.2, 0.25) is 5.91 Å². The summed E-state index contributed by atoms with van der Waals surface area (Å²) in [4.78, 5) is 12.5. The Hall–Kier alpha value is -3.07. The molecule has 0 aliphatic carbocycles. The van der Waals surface area contributed by atoms with E-state index in [4.69, 9.17) is 9.47 Å². The number of carbonyl (C=O) groups is 1. The number of nitrogens with one attached hydrogen (secondary N) is 2. The molecular formula is C20H23N3O5S. The van der Waals surface area contributed by atoms with Crippen LogP contribution in [0.5, 0.6) is 11.5 Å². The number of benzene rings is 2. The lowest BCUT2D eigenvalue weighted by atomic mass is 10.0. The zero-order valence-corrected chi connectivity index (χ0v) is 17.2. The second-order valence-corrected chi connectivity index (χ2v) is 8.34. The number of amides is 1. The average Bonchev–Trinajstić information content (AvgIpc) is 2.67. The molecule has 1 amide bonds. The van der Waals surface area contributed by atoms with Crippen molar-refractivity contribution in [3.8, 4) is 11.5 Å². The minimum absolute atomic E-state index is 0.123. The van der Waals surface area contributed by atoms with Gasteiger partial charge in [-0.15, -0.1) is 4.40 Å². The standard InChI is InChI=1S/C20H23N3O5S/c1-13(10-19-22-15-6-4-5-7-18(15)29(25,26)23-19)11-20(24)21-14-8-9-16(27-2)17(12-14)28-3/h4-9,12-13H,10-11H2,1-3H3,(H,21,24)(H,22,23)/t13-/m1/s1. The lowest BCUT2D eigenvalue weighted by Crippen LogP contribution is -2.25. The lowest BCUT2D eigenvalue weighted by Gasteiger charge is -2.20. The fourth-order valence-corrected chi connectivity index (χ4v) is 4.26. The van der Waals surface area contributed by atoms with Crippen molar-refractivity contribution in [2.75, 3.05) is 24.9 Å². The Labute approximate surface area is 170 Å². The molecule has 2 aromatic carbocycles. The number of hydrogen-bond acceptors (Lipinski definition) is 6. The largest absolute Gasteiger partial charge is 0.493 e. The van der Waals surface area contributed by atoms with Crippen molar-refractivity contribution >= 4 is 33.1 Å². The van der Waals surface area contributed by atoms with Crippen LogP contribution < -0.4 is 20.1 Å². The highest BCUT2D eigenvalue weighted by Crippen LogP contribution is 2.30. The van der Waals surface area contributed by atoms with E-state index >= 15 is 0 Å². The van der Waals surface area contributed by atoms with Gasteiger partial charge in [0.1, 0.15) is 10.7 Å². The summed E-state index contributed by atoms with van der Waals surface area (Å²) in [7, 11) is -0.666. The molecule has 0 aromatic heterocycles. The molecule has 0 unspecified atom stereocenters. The van der Waals surface area contributed by atoms with Gasteiger partial charge in [0.15, 0.2) is 11.5 Å². The fraction of sp³-hybridized carbons (Fsp3) is 0.300. The molecule has 9 heteroatoms. The second-order valence-electron chi connectivity index (χ2n) is 6.77. The summed E-state index contributed by atoms with van der Waals surface area (Å²) >= 11 is 0. The molecule has 1 atom stereocenters. The molecule has 2 aromatic rings. The molecular weight excluding hydrogens is 394 g/mol. The molecule has 0 saturated carbocycles. The molecule has 1 aliphatic rings. The van der Waals surface area contributed by atoms with Gasteiger partial charge >= 0.3 is 0 Å². The number of anilines is 2. The van der Waals surface area contributed by atoms with Gasteiger partial charge in [-0.2, -0.15) is 8.42 Å². The van der Waals surface area contributed by atoms with Crippen molar-refractivity contribution in [1.82, 2.24) is 0 Å². The maximum Gasteiger partial charge on any atom is 0.286 e. The summed E-state index contributed by atoms with van der Waals surface area (Å²) in [5.41, 5.74) is 1.09. The molecule has 3 rings (SSSR count). The monoisotopic (exact) mass is 417 g/mol. The number of rotatable bonds is 7. The highest BCUT2D eigenvalue weighted by molar-refractivity contribution is 7.90. The first kappa shape index (κ1) is 20.7. The summed E-state index contributed by atoms with van der Waals surface area (Å²) in [5.74, 6) is 1.10. The molecule has 0 bridgehead atoms. The highest BCUT2D eigenvalue weighted by Gasteiger charge is 2.25. The minimum Gasteiger partial charge on any atom is -0.493 e. The van der Waals surface area contributed by atoms with E-state index in [0.717, 1.165) is 0 Å². The molecule has 154 valence electrons. The van der Waals surface area contributed by atoms with E-state index in [1.807, 2.05) is 6.92 Å². The molecule has 0 saturated heterocycles. The topological polar surface area (TPSA) is 106 Å². The predicted octanol–water partition coefficient (Wildman–Crippen LogP) is 3.27. The number of ether oxygens (including phenoxy) is 2. The second kappa shape index (κ2) is 8.52. The SMILES string of the molecule is COc1ccc(NC(=O)C[C@H](C)CC2=NS(=O)(=O)c3ccccc3N2)cc1OC. The van der Waals surface area contributed by atoms with Gasteiger partial charge in [-0.3, -0.25) is 4.79 Å². The van der Waals surface area contributed by atoms with Crippen molar-refractivity contribution in [3.63, 3.8) is 0 Å². The molecule has 29 heavy (non-hydrogen) atoms. The van der Waals surface area contributed by atoms with E-state index in [-0.39, 0.29) is 23.1 Å². The Morgan fingerprint density at radius 1 is 1.14 bits per heavy atom. The number of fused-ring (bicyclic) bond motifs is 1. The van der Waals surface area contributed by atoms with E-state index in [1.165, 1.54) is 13.2 Å². The van der Waals surface area contributed by atoms with Gasteiger partial charge in [-0.05, 0) is 30.2 Å². The minimum atomic E-state index is -3.73. The number of hydrogen-bond donors (Lipinski definition) is 2. The fourth-order valence-electron chi connectivity index (χ4n) is 3.10. The van der Waals surface area contributed by atoms with Crippen LogP contribution in [0.2, 0.25) is 0 Å². The lowest BCUT2D eigenvalue weighted by molar-refractivity contribution is -0.116. The van der Waals surface area contributed by atoms with Gasteiger partial charge in [-0.25, -0.2) is 0 Å². The zero-order chi connectivity index (χ0) is 21.0. The Morgan fingerprint density at radius 3 is 2.59 bits per heavy atom. The number of amidine groups is 1. The summed E-state index contributed by atoms with van der Waals surface area (Å²) in [6.07, 6.45) is 0.531. The van der Waals surface area contributed by atoms with E-state index < -0.39 is 10.0 Å². The normalized spacial score (nSPS) is 15.3. The van der Waals surface area contributed by atoms with E-state index in [1.54, 1.807) is 43.5 Å².